The molecule has 2 aliphatic rings. The third-order valence-electron chi connectivity index (χ3n) is 15.1. The van der Waals surface area contributed by atoms with Crippen LogP contribution in [0.5, 0.6) is 0 Å². The number of carbonyl (C=O) groups excluding carboxylic acids is 2. The number of unbranched alkanes of at least 4 members (excludes halogenated alkanes) is 28. The Bertz CT molecular complexity index is 1370. The van der Waals surface area contributed by atoms with Crippen LogP contribution in [0.3, 0.4) is 0 Å². The predicted octanol–water partition coefficient (Wildman–Crippen LogP) is 6.89. The van der Waals surface area contributed by atoms with Crippen molar-refractivity contribution in [1.29, 1.82) is 0 Å². The lowest BCUT2D eigenvalue weighted by molar-refractivity contribution is -0.347. The lowest BCUT2D eigenvalue weighted by Crippen LogP contribution is -2.67. The number of amides is 2. The maximum atomic E-state index is 13.4. The summed E-state index contributed by atoms with van der Waals surface area (Å²) in [6.45, 7) is 5.91. The van der Waals surface area contributed by atoms with Crippen molar-refractivity contribution in [2.24, 2.45) is 5.92 Å². The van der Waals surface area contributed by atoms with Crippen molar-refractivity contribution in [2.75, 3.05) is 19.8 Å². The van der Waals surface area contributed by atoms with Crippen molar-refractivity contribution in [3.05, 3.63) is 0 Å². The second-order valence-electron chi connectivity index (χ2n) is 22.3. The molecule has 438 valence electrons. The van der Waals surface area contributed by atoms with Gasteiger partial charge in [0.2, 0.25) is 11.8 Å². The molecule has 11 N–H and O–H groups in total. The van der Waals surface area contributed by atoms with E-state index in [2.05, 4.69) is 31.4 Å². The summed E-state index contributed by atoms with van der Waals surface area (Å²) in [6, 6.07) is -2.67. The first-order valence-corrected chi connectivity index (χ1v) is 29.8. The van der Waals surface area contributed by atoms with Crippen molar-refractivity contribution in [3.63, 3.8) is 0 Å². The van der Waals surface area contributed by atoms with Crippen LogP contribution >= 0.6 is 0 Å². The van der Waals surface area contributed by atoms with E-state index in [1.807, 2.05) is 0 Å². The Balaban J connectivity index is 1.91. The van der Waals surface area contributed by atoms with Crippen molar-refractivity contribution >= 4 is 11.8 Å². The zero-order valence-corrected chi connectivity index (χ0v) is 46.6. The maximum Gasteiger partial charge on any atom is 0.249 e. The molecule has 0 bridgehead atoms. The van der Waals surface area contributed by atoms with Crippen LogP contribution in [0.2, 0.25) is 0 Å². The van der Waals surface area contributed by atoms with Crippen LogP contribution in [0.1, 0.15) is 240 Å². The second kappa shape index (κ2) is 42.4. The zero-order chi connectivity index (χ0) is 54.5. The van der Waals surface area contributed by atoms with Gasteiger partial charge in [0.05, 0.1) is 32.0 Å². The third-order valence-corrected chi connectivity index (χ3v) is 15.1. The van der Waals surface area contributed by atoms with E-state index in [1.165, 1.54) is 141 Å². The van der Waals surface area contributed by atoms with Crippen LogP contribution in [0.15, 0.2) is 0 Å². The van der Waals surface area contributed by atoms with Crippen LogP contribution < -0.4 is 10.6 Å². The molecule has 0 aromatic rings. The van der Waals surface area contributed by atoms with E-state index in [-0.39, 0.29) is 12.8 Å². The molecule has 2 heterocycles. The summed E-state index contributed by atoms with van der Waals surface area (Å²) in [4.78, 5) is 25.4. The van der Waals surface area contributed by atoms with Gasteiger partial charge in [0.15, 0.2) is 12.6 Å². The Hall–Kier alpha value is -1.58. The van der Waals surface area contributed by atoms with Crippen LogP contribution in [-0.2, 0) is 28.5 Å². The number of aliphatic hydroxyl groups excluding tert-OH is 9. The van der Waals surface area contributed by atoms with Crippen molar-refractivity contribution in [1.82, 2.24) is 10.6 Å². The highest BCUT2D eigenvalue weighted by molar-refractivity contribution is 5.80. The normalized spacial score (nSPS) is 26.0. The van der Waals surface area contributed by atoms with Gasteiger partial charge in [-0.05, 0) is 18.8 Å². The van der Waals surface area contributed by atoms with E-state index in [0.29, 0.717) is 12.8 Å². The number of hydrogen-bond donors (Lipinski definition) is 11. The molecular formula is C57H110N2O15. The molecule has 2 aliphatic heterocycles. The highest BCUT2D eigenvalue weighted by Gasteiger charge is 2.51. The van der Waals surface area contributed by atoms with Gasteiger partial charge < -0.3 is 75.5 Å². The van der Waals surface area contributed by atoms with E-state index in [0.717, 1.165) is 57.8 Å². The van der Waals surface area contributed by atoms with Crippen molar-refractivity contribution < 1.29 is 74.5 Å². The van der Waals surface area contributed by atoms with E-state index < -0.39 is 117 Å². The summed E-state index contributed by atoms with van der Waals surface area (Å²) < 4.78 is 23.2. The number of ether oxygens (including phenoxy) is 4. The predicted molar refractivity (Wildman–Crippen MR) is 287 cm³/mol. The average molecular weight is 1060 g/mol. The van der Waals surface area contributed by atoms with Gasteiger partial charge in [-0.1, -0.05) is 220 Å². The average Bonchev–Trinajstić information content (AvgIpc) is 3.38. The molecule has 14 atom stereocenters. The number of hydrogen-bond acceptors (Lipinski definition) is 15. The molecule has 2 amide bonds. The molecule has 0 aromatic carbocycles. The van der Waals surface area contributed by atoms with Gasteiger partial charge in [-0.25, -0.2) is 0 Å². The topological polar surface area (TPSA) is 277 Å². The van der Waals surface area contributed by atoms with Gasteiger partial charge in [-0.15, -0.1) is 0 Å². The van der Waals surface area contributed by atoms with Crippen LogP contribution in [-0.4, -0.2) is 163 Å². The smallest absolute Gasteiger partial charge is 0.249 e. The van der Waals surface area contributed by atoms with E-state index in [9.17, 15) is 55.5 Å². The van der Waals surface area contributed by atoms with Gasteiger partial charge in [0.1, 0.15) is 61.0 Å². The summed E-state index contributed by atoms with van der Waals surface area (Å²) in [5.41, 5.74) is 0. The number of nitrogens with one attached hydrogen (secondary N) is 2. The fraction of sp³-hybridized carbons (Fsp3) is 0.965. The Morgan fingerprint density at radius 1 is 0.527 bits per heavy atom. The lowest BCUT2D eigenvalue weighted by atomic mass is 9.95. The Labute approximate surface area is 446 Å². The highest BCUT2D eigenvalue weighted by atomic mass is 16.7. The van der Waals surface area contributed by atoms with Gasteiger partial charge >= 0.3 is 0 Å². The first-order valence-electron chi connectivity index (χ1n) is 29.8. The lowest BCUT2D eigenvalue weighted by Gasteiger charge is -2.47. The summed E-state index contributed by atoms with van der Waals surface area (Å²) in [5.74, 6) is -0.600. The van der Waals surface area contributed by atoms with Crippen molar-refractivity contribution in [2.45, 2.75) is 325 Å². The zero-order valence-electron chi connectivity index (χ0n) is 46.6. The first kappa shape index (κ1) is 68.5. The standard InChI is InChI=1S/C57H110N2O15/c1-5-6-7-8-9-10-11-12-13-14-15-16-17-22-25-28-31-34-37-45(64)55(70)59-43(49(65)44(63)36-33-30-27-24-21-19-18-20-23-26-29-32-35-41(2)3)40-71-57-53(69)52(68)54(47(39-61)73-57)74-56-48(58-42(4)62)51(67)50(66)46(38-60)72-56/h41,43-54,56-57,60-61,63-69H,5-40H2,1-4H3,(H,58,62)(H,59,70). The molecular weight excluding hydrogens is 953 g/mol. The fourth-order valence-electron chi connectivity index (χ4n) is 10.3. The summed E-state index contributed by atoms with van der Waals surface area (Å²) >= 11 is 0. The number of carbonyl (C=O) groups is 2. The van der Waals surface area contributed by atoms with Gasteiger partial charge in [0, 0.05) is 6.92 Å². The molecule has 0 radical (unpaired) electrons. The van der Waals surface area contributed by atoms with E-state index in [1.54, 1.807) is 0 Å². The van der Waals surface area contributed by atoms with Crippen LogP contribution in [0.4, 0.5) is 0 Å². The quantitative estimate of drug-likeness (QED) is 0.0277. The monoisotopic (exact) mass is 1060 g/mol. The molecule has 2 rings (SSSR count). The number of aliphatic hydroxyl groups is 9. The molecule has 14 unspecified atom stereocenters. The SMILES string of the molecule is CCCCCCCCCCCCCCCCCCCCC(O)C(=O)NC(COC1OC(CO)C(OC2OC(CO)C(O)C(O)C2NC(C)=O)C(O)C1O)C(O)C(O)CCCCCCCCCCCCCCC(C)C. The van der Waals surface area contributed by atoms with Gasteiger partial charge in [0.25, 0.3) is 0 Å². The largest absolute Gasteiger partial charge is 0.394 e. The molecule has 17 heteroatoms. The van der Waals surface area contributed by atoms with Crippen LogP contribution in [0, 0.1) is 5.92 Å². The molecule has 2 fully saturated rings. The van der Waals surface area contributed by atoms with Crippen molar-refractivity contribution in [3.8, 4) is 0 Å². The minimum absolute atomic E-state index is 0.202. The molecule has 0 aliphatic carbocycles. The molecule has 0 spiro atoms. The Morgan fingerprint density at radius 2 is 0.946 bits per heavy atom. The summed E-state index contributed by atoms with van der Waals surface area (Å²) in [5, 5.41) is 102. The molecule has 2 saturated heterocycles. The molecule has 17 nitrogen and oxygen atoms in total. The summed E-state index contributed by atoms with van der Waals surface area (Å²) in [6.07, 6.45) is 18.7. The van der Waals surface area contributed by atoms with Gasteiger partial charge in [-0.3, -0.25) is 9.59 Å². The Kier molecular flexibility index (Phi) is 39.2. The minimum Gasteiger partial charge on any atom is -0.394 e. The second-order valence-corrected chi connectivity index (χ2v) is 22.3. The fourth-order valence-corrected chi connectivity index (χ4v) is 10.3. The highest BCUT2D eigenvalue weighted by Crippen LogP contribution is 2.30. The van der Waals surface area contributed by atoms with E-state index >= 15 is 0 Å². The molecule has 74 heavy (non-hydrogen) atoms. The number of rotatable bonds is 46. The third kappa shape index (κ3) is 28.9. The summed E-state index contributed by atoms with van der Waals surface area (Å²) in [7, 11) is 0. The molecule has 0 saturated carbocycles. The van der Waals surface area contributed by atoms with E-state index in [4.69, 9.17) is 18.9 Å². The Morgan fingerprint density at radius 3 is 1.38 bits per heavy atom. The molecule has 0 aromatic heterocycles. The van der Waals surface area contributed by atoms with Gasteiger partial charge in [-0.2, -0.15) is 0 Å². The first-order chi connectivity index (χ1) is 35.7. The van der Waals surface area contributed by atoms with Crippen LogP contribution in [0.25, 0.3) is 0 Å². The minimum atomic E-state index is -1.86. The maximum absolute atomic E-state index is 13.4.